The van der Waals surface area contributed by atoms with Gasteiger partial charge in [0.1, 0.15) is 5.82 Å². The molecule has 1 heterocycles. The van der Waals surface area contributed by atoms with Crippen molar-refractivity contribution in [3.63, 3.8) is 0 Å². The lowest BCUT2D eigenvalue weighted by atomic mass is 9.83. The average molecular weight is 277 g/mol. The molecule has 20 heavy (non-hydrogen) atoms. The molecule has 1 aliphatic heterocycles. The molecular weight excluding hydrogens is 257 g/mol. The number of carbonyl (C=O) groups excluding carboxylic acids is 1. The number of carbonyl (C=O) groups is 1. The van der Waals surface area contributed by atoms with Gasteiger partial charge in [-0.3, -0.25) is 15.6 Å². The van der Waals surface area contributed by atoms with E-state index in [-0.39, 0.29) is 17.8 Å². The summed E-state index contributed by atoms with van der Waals surface area (Å²) >= 11 is 0. The minimum absolute atomic E-state index is 0.0195. The SMILES string of the molecule is O=C(Cc1ccc(F)cc1)NC1CCC2CNNC2C1. The fourth-order valence-electron chi connectivity index (χ4n) is 3.17. The molecule has 108 valence electrons. The maximum absolute atomic E-state index is 12.8. The molecule has 5 heteroatoms. The van der Waals surface area contributed by atoms with E-state index in [4.69, 9.17) is 0 Å². The molecule has 1 saturated heterocycles. The molecular formula is C15H20FN3O. The van der Waals surface area contributed by atoms with Gasteiger partial charge in [0.2, 0.25) is 5.91 Å². The van der Waals surface area contributed by atoms with Crippen molar-refractivity contribution in [2.24, 2.45) is 5.92 Å². The highest BCUT2D eigenvalue weighted by Crippen LogP contribution is 2.26. The van der Waals surface area contributed by atoms with Gasteiger partial charge in [0.25, 0.3) is 0 Å². The molecule has 1 saturated carbocycles. The van der Waals surface area contributed by atoms with E-state index in [2.05, 4.69) is 16.2 Å². The molecule has 0 bridgehead atoms. The second-order valence-corrected chi connectivity index (χ2v) is 5.77. The second kappa shape index (κ2) is 5.89. The molecule has 4 nitrogen and oxygen atoms in total. The van der Waals surface area contributed by atoms with Crippen LogP contribution in [0.5, 0.6) is 0 Å². The number of hydrazine groups is 1. The molecule has 3 atom stereocenters. The maximum atomic E-state index is 12.8. The molecule has 2 fully saturated rings. The van der Waals surface area contributed by atoms with E-state index in [1.54, 1.807) is 12.1 Å². The van der Waals surface area contributed by atoms with Crippen LogP contribution in [-0.4, -0.2) is 24.5 Å². The van der Waals surface area contributed by atoms with Crippen LogP contribution in [0, 0.1) is 11.7 Å². The maximum Gasteiger partial charge on any atom is 0.224 e. The molecule has 3 rings (SSSR count). The Morgan fingerprint density at radius 1 is 1.30 bits per heavy atom. The molecule has 1 aromatic carbocycles. The first kappa shape index (κ1) is 13.5. The Hall–Kier alpha value is -1.46. The van der Waals surface area contributed by atoms with Gasteiger partial charge in [0.15, 0.2) is 0 Å². The Bertz CT molecular complexity index is 477. The zero-order chi connectivity index (χ0) is 13.9. The summed E-state index contributed by atoms with van der Waals surface area (Å²) in [5.74, 6) is 0.443. The van der Waals surface area contributed by atoms with Crippen molar-refractivity contribution in [2.45, 2.75) is 37.8 Å². The Kier molecular flexibility index (Phi) is 3.98. The molecule has 3 N–H and O–H groups in total. The van der Waals surface area contributed by atoms with Crippen molar-refractivity contribution < 1.29 is 9.18 Å². The van der Waals surface area contributed by atoms with Gasteiger partial charge in [-0.25, -0.2) is 4.39 Å². The van der Waals surface area contributed by atoms with Gasteiger partial charge in [0.05, 0.1) is 6.42 Å². The Morgan fingerprint density at radius 2 is 2.10 bits per heavy atom. The first-order valence-electron chi connectivity index (χ1n) is 7.23. The fraction of sp³-hybridized carbons (Fsp3) is 0.533. The standard InChI is InChI=1S/C15H20FN3O/c16-12-4-1-10(2-5-12)7-15(20)18-13-6-3-11-9-17-19-14(11)8-13/h1-2,4-5,11,13-14,17,19H,3,6-9H2,(H,18,20). The number of benzene rings is 1. The molecule has 3 unspecified atom stereocenters. The summed E-state index contributed by atoms with van der Waals surface area (Å²) < 4.78 is 12.8. The van der Waals surface area contributed by atoms with Crippen molar-refractivity contribution in [1.82, 2.24) is 16.2 Å². The molecule has 1 amide bonds. The van der Waals surface area contributed by atoms with Crippen molar-refractivity contribution in [2.75, 3.05) is 6.54 Å². The van der Waals surface area contributed by atoms with E-state index < -0.39 is 0 Å². The third-order valence-electron chi connectivity index (χ3n) is 4.29. The number of rotatable bonds is 3. The number of halogens is 1. The lowest BCUT2D eigenvalue weighted by Crippen LogP contribution is -2.45. The summed E-state index contributed by atoms with van der Waals surface area (Å²) in [5.41, 5.74) is 7.31. The number of nitrogens with one attached hydrogen (secondary N) is 3. The topological polar surface area (TPSA) is 53.2 Å². The van der Waals surface area contributed by atoms with Gasteiger partial charge in [0, 0.05) is 18.6 Å². The number of hydrogen-bond donors (Lipinski definition) is 3. The summed E-state index contributed by atoms with van der Waals surface area (Å²) in [6, 6.07) is 6.82. The molecule has 2 aliphatic rings. The zero-order valence-electron chi connectivity index (χ0n) is 11.4. The molecule has 1 aliphatic carbocycles. The highest BCUT2D eigenvalue weighted by atomic mass is 19.1. The van der Waals surface area contributed by atoms with Gasteiger partial charge in [-0.1, -0.05) is 12.1 Å². The summed E-state index contributed by atoms with van der Waals surface area (Å²) in [5, 5.41) is 3.09. The lowest BCUT2D eigenvalue weighted by Gasteiger charge is -2.31. The zero-order valence-corrected chi connectivity index (χ0v) is 11.4. The van der Waals surface area contributed by atoms with Gasteiger partial charge in [-0.05, 0) is 42.9 Å². The van der Waals surface area contributed by atoms with Crippen LogP contribution in [0.1, 0.15) is 24.8 Å². The predicted octanol–water partition coefficient (Wildman–Crippen LogP) is 1.13. The number of amides is 1. The van der Waals surface area contributed by atoms with Crippen LogP contribution in [0.15, 0.2) is 24.3 Å². The number of fused-ring (bicyclic) bond motifs is 1. The van der Waals surface area contributed by atoms with E-state index in [0.717, 1.165) is 31.4 Å². The quantitative estimate of drug-likeness (QED) is 0.776. The minimum Gasteiger partial charge on any atom is -0.353 e. The van der Waals surface area contributed by atoms with E-state index in [9.17, 15) is 9.18 Å². The van der Waals surface area contributed by atoms with Crippen molar-refractivity contribution >= 4 is 5.91 Å². The van der Waals surface area contributed by atoms with Crippen LogP contribution >= 0.6 is 0 Å². The molecule has 0 radical (unpaired) electrons. The van der Waals surface area contributed by atoms with Crippen LogP contribution < -0.4 is 16.2 Å². The van der Waals surface area contributed by atoms with Crippen LogP contribution in [0.3, 0.4) is 0 Å². The van der Waals surface area contributed by atoms with Crippen LogP contribution in [0.2, 0.25) is 0 Å². The van der Waals surface area contributed by atoms with E-state index in [0.29, 0.717) is 18.4 Å². The Morgan fingerprint density at radius 3 is 2.90 bits per heavy atom. The van der Waals surface area contributed by atoms with Gasteiger partial charge in [-0.15, -0.1) is 0 Å². The predicted molar refractivity (Wildman–Crippen MR) is 74.3 cm³/mol. The third-order valence-corrected chi connectivity index (χ3v) is 4.29. The summed E-state index contributed by atoms with van der Waals surface area (Å²) in [6.07, 6.45) is 3.48. The lowest BCUT2D eigenvalue weighted by molar-refractivity contribution is -0.121. The summed E-state index contributed by atoms with van der Waals surface area (Å²) in [6.45, 7) is 1.03. The highest BCUT2D eigenvalue weighted by Gasteiger charge is 2.34. The minimum atomic E-state index is -0.271. The second-order valence-electron chi connectivity index (χ2n) is 5.77. The van der Waals surface area contributed by atoms with E-state index >= 15 is 0 Å². The van der Waals surface area contributed by atoms with Gasteiger partial charge < -0.3 is 5.32 Å². The third kappa shape index (κ3) is 3.16. The van der Waals surface area contributed by atoms with Crippen molar-refractivity contribution in [3.8, 4) is 0 Å². The Labute approximate surface area is 118 Å². The summed E-state index contributed by atoms with van der Waals surface area (Å²) in [4.78, 5) is 12.0. The fourth-order valence-corrected chi connectivity index (χ4v) is 3.17. The highest BCUT2D eigenvalue weighted by molar-refractivity contribution is 5.78. The van der Waals surface area contributed by atoms with Crippen molar-refractivity contribution in [1.29, 1.82) is 0 Å². The van der Waals surface area contributed by atoms with Crippen molar-refractivity contribution in [3.05, 3.63) is 35.6 Å². The largest absolute Gasteiger partial charge is 0.353 e. The number of hydrogen-bond acceptors (Lipinski definition) is 3. The summed E-state index contributed by atoms with van der Waals surface area (Å²) in [7, 11) is 0. The first-order chi connectivity index (χ1) is 9.70. The molecule has 0 spiro atoms. The first-order valence-corrected chi connectivity index (χ1v) is 7.23. The average Bonchev–Trinajstić information content (AvgIpc) is 2.89. The van der Waals surface area contributed by atoms with Crippen LogP contribution in [0.4, 0.5) is 4.39 Å². The molecule has 1 aromatic rings. The van der Waals surface area contributed by atoms with Crippen LogP contribution in [-0.2, 0) is 11.2 Å². The monoisotopic (exact) mass is 277 g/mol. The van der Waals surface area contributed by atoms with E-state index in [1.165, 1.54) is 12.1 Å². The normalized spacial score (nSPS) is 28.9. The van der Waals surface area contributed by atoms with Gasteiger partial charge in [-0.2, -0.15) is 0 Å². The molecule has 0 aromatic heterocycles. The van der Waals surface area contributed by atoms with Gasteiger partial charge >= 0.3 is 0 Å². The van der Waals surface area contributed by atoms with E-state index in [1.807, 2.05) is 0 Å². The smallest absolute Gasteiger partial charge is 0.224 e. The van der Waals surface area contributed by atoms with Crippen LogP contribution in [0.25, 0.3) is 0 Å². The Balaban J connectivity index is 1.50.